The summed E-state index contributed by atoms with van der Waals surface area (Å²) >= 11 is 0. The first-order valence-corrected chi connectivity index (χ1v) is 5.13. The zero-order chi connectivity index (χ0) is 11.4. The number of aromatic nitrogens is 2. The first-order chi connectivity index (χ1) is 7.75. The fourth-order valence-electron chi connectivity index (χ4n) is 1.36. The fourth-order valence-corrected chi connectivity index (χ4v) is 1.36. The maximum atomic E-state index is 4.51. The molecular formula is C13H13N3. The van der Waals surface area contributed by atoms with Gasteiger partial charge in [0.15, 0.2) is 0 Å². The SMILES string of the molecule is C/C(=N\c1ccc(C)cc1)c1cncnc1. The molecule has 0 bridgehead atoms. The second kappa shape index (κ2) is 4.66. The molecule has 1 aromatic carbocycles. The van der Waals surface area contributed by atoms with Crippen LogP contribution < -0.4 is 0 Å². The second-order valence-corrected chi connectivity index (χ2v) is 3.66. The maximum Gasteiger partial charge on any atom is 0.115 e. The summed E-state index contributed by atoms with van der Waals surface area (Å²) in [5.74, 6) is 0. The van der Waals surface area contributed by atoms with Crippen molar-refractivity contribution >= 4 is 11.4 Å². The lowest BCUT2D eigenvalue weighted by atomic mass is 10.2. The minimum atomic E-state index is 0.921. The highest BCUT2D eigenvalue weighted by atomic mass is 14.8. The van der Waals surface area contributed by atoms with E-state index in [1.54, 1.807) is 12.4 Å². The predicted octanol–water partition coefficient (Wildman–Crippen LogP) is 2.93. The molecule has 3 heteroatoms. The van der Waals surface area contributed by atoms with Gasteiger partial charge in [-0.3, -0.25) is 4.99 Å². The molecule has 0 unspecified atom stereocenters. The quantitative estimate of drug-likeness (QED) is 0.716. The molecule has 0 atom stereocenters. The summed E-state index contributed by atoms with van der Waals surface area (Å²) in [6.07, 6.45) is 5.04. The highest BCUT2D eigenvalue weighted by Crippen LogP contribution is 2.14. The highest BCUT2D eigenvalue weighted by molar-refractivity contribution is 5.99. The Morgan fingerprint density at radius 2 is 1.69 bits per heavy atom. The van der Waals surface area contributed by atoms with Crippen molar-refractivity contribution in [3.63, 3.8) is 0 Å². The number of nitrogens with zero attached hydrogens (tertiary/aromatic N) is 3. The Morgan fingerprint density at radius 1 is 1.06 bits per heavy atom. The van der Waals surface area contributed by atoms with Gasteiger partial charge in [0, 0.05) is 23.7 Å². The van der Waals surface area contributed by atoms with Crippen molar-refractivity contribution in [3.05, 3.63) is 54.1 Å². The fraction of sp³-hybridized carbons (Fsp3) is 0.154. The van der Waals surface area contributed by atoms with Crippen LogP contribution in [0.1, 0.15) is 18.1 Å². The van der Waals surface area contributed by atoms with Crippen LogP contribution in [0.2, 0.25) is 0 Å². The number of aliphatic imine (C=N–C) groups is 1. The van der Waals surface area contributed by atoms with Crippen molar-refractivity contribution in [3.8, 4) is 0 Å². The van der Waals surface area contributed by atoms with Crippen molar-refractivity contribution in [2.45, 2.75) is 13.8 Å². The van der Waals surface area contributed by atoms with Crippen molar-refractivity contribution in [1.29, 1.82) is 0 Å². The van der Waals surface area contributed by atoms with Gasteiger partial charge in [-0.25, -0.2) is 9.97 Å². The largest absolute Gasteiger partial charge is 0.253 e. The van der Waals surface area contributed by atoms with Crippen LogP contribution in [0, 0.1) is 6.92 Å². The normalized spacial score (nSPS) is 11.5. The Morgan fingerprint density at radius 3 is 2.31 bits per heavy atom. The van der Waals surface area contributed by atoms with Crippen molar-refractivity contribution in [2.24, 2.45) is 4.99 Å². The van der Waals surface area contributed by atoms with Gasteiger partial charge in [0.25, 0.3) is 0 Å². The molecule has 0 aliphatic heterocycles. The number of hydrogen-bond donors (Lipinski definition) is 0. The molecule has 0 N–H and O–H groups in total. The number of aryl methyl sites for hydroxylation is 1. The molecule has 2 aromatic rings. The summed E-state index contributed by atoms with van der Waals surface area (Å²) in [6.45, 7) is 4.02. The third-order valence-corrected chi connectivity index (χ3v) is 2.31. The average Bonchev–Trinajstić information content (AvgIpc) is 2.33. The summed E-state index contributed by atoms with van der Waals surface area (Å²) in [5, 5.41) is 0. The van der Waals surface area contributed by atoms with Gasteiger partial charge in [-0.1, -0.05) is 17.7 Å². The molecular weight excluding hydrogens is 198 g/mol. The first kappa shape index (κ1) is 10.5. The number of rotatable bonds is 2. The van der Waals surface area contributed by atoms with Crippen LogP contribution in [-0.4, -0.2) is 15.7 Å². The molecule has 1 heterocycles. The summed E-state index contributed by atoms with van der Waals surface area (Å²) < 4.78 is 0. The molecule has 16 heavy (non-hydrogen) atoms. The van der Waals surface area contributed by atoms with Gasteiger partial charge in [-0.2, -0.15) is 0 Å². The molecule has 1 aromatic heterocycles. The molecule has 0 saturated carbocycles. The van der Waals surface area contributed by atoms with Crippen LogP contribution >= 0.6 is 0 Å². The van der Waals surface area contributed by atoms with Gasteiger partial charge in [0.2, 0.25) is 0 Å². The number of benzene rings is 1. The second-order valence-electron chi connectivity index (χ2n) is 3.66. The maximum absolute atomic E-state index is 4.51. The van der Waals surface area contributed by atoms with Crippen LogP contribution in [0.15, 0.2) is 48.0 Å². The Balaban J connectivity index is 2.28. The smallest absolute Gasteiger partial charge is 0.115 e. The van der Waals surface area contributed by atoms with Gasteiger partial charge in [-0.15, -0.1) is 0 Å². The lowest BCUT2D eigenvalue weighted by molar-refractivity contribution is 1.16. The lowest BCUT2D eigenvalue weighted by Crippen LogP contribution is -1.95. The molecule has 0 saturated heterocycles. The molecule has 0 amide bonds. The lowest BCUT2D eigenvalue weighted by Gasteiger charge is -2.00. The molecule has 0 fully saturated rings. The van der Waals surface area contributed by atoms with Crippen LogP contribution in [-0.2, 0) is 0 Å². The van der Waals surface area contributed by atoms with E-state index in [-0.39, 0.29) is 0 Å². The third kappa shape index (κ3) is 2.51. The van der Waals surface area contributed by atoms with E-state index in [0.29, 0.717) is 0 Å². The highest BCUT2D eigenvalue weighted by Gasteiger charge is 1.97. The van der Waals surface area contributed by atoms with Crippen molar-refractivity contribution in [2.75, 3.05) is 0 Å². The van der Waals surface area contributed by atoms with Gasteiger partial charge in [-0.05, 0) is 26.0 Å². The minimum absolute atomic E-state index is 0.921. The van der Waals surface area contributed by atoms with Gasteiger partial charge in [0.1, 0.15) is 6.33 Å². The molecule has 3 nitrogen and oxygen atoms in total. The first-order valence-electron chi connectivity index (χ1n) is 5.13. The summed E-state index contributed by atoms with van der Waals surface area (Å²) in [4.78, 5) is 12.4. The zero-order valence-corrected chi connectivity index (χ0v) is 9.38. The monoisotopic (exact) mass is 211 g/mol. The molecule has 0 radical (unpaired) electrons. The van der Waals surface area contributed by atoms with Gasteiger partial charge >= 0.3 is 0 Å². The predicted molar refractivity (Wildman–Crippen MR) is 65.1 cm³/mol. The van der Waals surface area contributed by atoms with Gasteiger partial charge in [0.05, 0.1) is 5.69 Å². The van der Waals surface area contributed by atoms with E-state index in [4.69, 9.17) is 0 Å². The van der Waals surface area contributed by atoms with Crippen LogP contribution in [0.4, 0.5) is 5.69 Å². The average molecular weight is 211 g/mol. The van der Waals surface area contributed by atoms with E-state index in [1.807, 2.05) is 31.2 Å². The van der Waals surface area contributed by atoms with E-state index in [9.17, 15) is 0 Å². The summed E-state index contributed by atoms with van der Waals surface area (Å²) in [5.41, 5.74) is 4.05. The van der Waals surface area contributed by atoms with E-state index in [1.165, 1.54) is 11.9 Å². The standard InChI is InChI=1S/C13H13N3/c1-10-3-5-13(6-4-10)16-11(2)12-7-14-9-15-8-12/h3-9H,1-2H3/b16-11+. The Labute approximate surface area is 94.9 Å². The Kier molecular flexibility index (Phi) is 3.05. The molecule has 0 spiro atoms. The Hall–Kier alpha value is -2.03. The minimum Gasteiger partial charge on any atom is -0.253 e. The Bertz CT molecular complexity index is 486. The van der Waals surface area contributed by atoms with Crippen LogP contribution in [0.25, 0.3) is 0 Å². The molecule has 2 rings (SSSR count). The molecule has 0 aliphatic rings. The summed E-state index contributed by atoms with van der Waals surface area (Å²) in [7, 11) is 0. The van der Waals surface area contributed by atoms with Crippen LogP contribution in [0.3, 0.4) is 0 Å². The van der Waals surface area contributed by atoms with E-state index >= 15 is 0 Å². The summed E-state index contributed by atoms with van der Waals surface area (Å²) in [6, 6.07) is 8.10. The third-order valence-electron chi connectivity index (χ3n) is 2.31. The van der Waals surface area contributed by atoms with E-state index in [0.717, 1.165) is 17.0 Å². The van der Waals surface area contributed by atoms with Crippen molar-refractivity contribution in [1.82, 2.24) is 9.97 Å². The van der Waals surface area contributed by atoms with E-state index in [2.05, 4.69) is 21.9 Å². The number of hydrogen-bond acceptors (Lipinski definition) is 3. The van der Waals surface area contributed by atoms with Crippen LogP contribution in [0.5, 0.6) is 0 Å². The molecule has 0 aliphatic carbocycles. The van der Waals surface area contributed by atoms with Crippen molar-refractivity contribution < 1.29 is 0 Å². The topological polar surface area (TPSA) is 38.1 Å². The molecule has 80 valence electrons. The zero-order valence-electron chi connectivity index (χ0n) is 9.38. The van der Waals surface area contributed by atoms with E-state index < -0.39 is 0 Å². The van der Waals surface area contributed by atoms with Gasteiger partial charge < -0.3 is 0 Å².